The van der Waals surface area contributed by atoms with E-state index in [1.54, 1.807) is 27.9 Å². The Morgan fingerprint density at radius 2 is 1.76 bits per heavy atom. The van der Waals surface area contributed by atoms with Gasteiger partial charge in [-0.15, -0.1) is 0 Å². The molecule has 7 unspecified atom stereocenters. The highest BCUT2D eigenvalue weighted by Gasteiger charge is 2.67. The van der Waals surface area contributed by atoms with Crippen LogP contribution in [0.5, 0.6) is 0 Å². The molecule has 1 aromatic rings. The summed E-state index contributed by atoms with van der Waals surface area (Å²) in [5.41, 5.74) is -1.76. The fraction of sp³-hybridized carbons (Fsp3) is 0.694. The molecule has 46 heavy (non-hydrogen) atoms. The zero-order valence-corrected chi connectivity index (χ0v) is 28.7. The molecular weight excluding hydrogens is 590 g/mol. The summed E-state index contributed by atoms with van der Waals surface area (Å²) in [6.07, 6.45) is -1.91. The molecule has 3 fully saturated rings. The first kappa shape index (κ1) is 34.5. The number of hydrogen-bond acceptors (Lipinski definition) is 9. The summed E-state index contributed by atoms with van der Waals surface area (Å²) in [6, 6.07) is 8.47. The van der Waals surface area contributed by atoms with Gasteiger partial charge in [0.15, 0.2) is 5.78 Å². The number of carbonyl (C=O) groups excluding carboxylic acids is 3. The molecule has 0 radical (unpaired) electrons. The summed E-state index contributed by atoms with van der Waals surface area (Å²) in [5.74, 6) is -0.768. The van der Waals surface area contributed by atoms with Crippen LogP contribution in [0.2, 0.25) is 0 Å². The summed E-state index contributed by atoms with van der Waals surface area (Å²) in [6.45, 7) is 13.6. The van der Waals surface area contributed by atoms with Crippen molar-refractivity contribution in [2.24, 2.45) is 22.7 Å². The average molecular weight is 642 g/mol. The van der Waals surface area contributed by atoms with E-state index in [1.165, 1.54) is 7.11 Å². The van der Waals surface area contributed by atoms with Gasteiger partial charge in [0.1, 0.15) is 17.8 Å². The van der Waals surface area contributed by atoms with Crippen LogP contribution in [0.1, 0.15) is 85.8 Å². The number of alkyl carbamates (subject to hydrolysis) is 1. The standard InChI is InChI=1S/C36H51NO9/c1-20-26(45-28(38)15-24(21-13-11-10-12-14-21)37-32(40)46-33(2,3)4)18-36(41)17-23-22-19-44-25(22)16-27(42-8)35(23,7)31(39)30(43-9)29(20)34(36,5)6/h10-14,22-27,30,41H,15-19H2,1-9H3,(H,37,40)/t22-,23?,24?,25?,26-,27?,30?,35?,36?/m0/s1. The van der Waals surface area contributed by atoms with Crippen LogP contribution in [-0.4, -0.2) is 79.4 Å². The first-order valence-corrected chi connectivity index (χ1v) is 16.4. The lowest BCUT2D eigenvalue weighted by Gasteiger charge is -2.63. The van der Waals surface area contributed by atoms with Crippen molar-refractivity contribution in [3.05, 3.63) is 47.0 Å². The van der Waals surface area contributed by atoms with Crippen LogP contribution in [0.4, 0.5) is 4.79 Å². The van der Waals surface area contributed by atoms with E-state index in [-0.39, 0.29) is 36.6 Å². The second-order valence-electron chi connectivity index (χ2n) is 15.3. The van der Waals surface area contributed by atoms with E-state index in [9.17, 15) is 19.5 Å². The van der Waals surface area contributed by atoms with E-state index in [0.29, 0.717) is 30.6 Å². The molecule has 9 atom stereocenters. The monoisotopic (exact) mass is 641 g/mol. The second kappa shape index (κ2) is 12.3. The highest BCUT2D eigenvalue weighted by Crippen LogP contribution is 2.62. The molecule has 2 saturated carbocycles. The van der Waals surface area contributed by atoms with Crippen molar-refractivity contribution in [1.29, 1.82) is 0 Å². The smallest absolute Gasteiger partial charge is 0.408 e. The molecular formula is C36H51NO9. The van der Waals surface area contributed by atoms with Crippen molar-refractivity contribution in [2.45, 2.75) is 116 Å². The largest absolute Gasteiger partial charge is 0.458 e. The summed E-state index contributed by atoms with van der Waals surface area (Å²) in [4.78, 5) is 41.1. The van der Waals surface area contributed by atoms with E-state index in [4.69, 9.17) is 23.7 Å². The maximum absolute atomic E-state index is 14.7. The first-order valence-electron chi connectivity index (χ1n) is 16.4. The van der Waals surface area contributed by atoms with E-state index in [0.717, 1.165) is 5.56 Å². The van der Waals surface area contributed by atoms with Gasteiger partial charge in [0, 0.05) is 38.4 Å². The van der Waals surface area contributed by atoms with E-state index in [2.05, 4.69) is 5.32 Å². The van der Waals surface area contributed by atoms with Crippen molar-refractivity contribution < 1.29 is 43.2 Å². The molecule has 10 nitrogen and oxygen atoms in total. The fourth-order valence-electron chi connectivity index (χ4n) is 8.54. The SMILES string of the molecule is COC1C(=O)C2(C)C(OC)CC3OC[C@H]3C2CC2(O)C[C@H](OC(=O)CC(NC(=O)OC(C)(C)C)c3ccccc3)C(C)=C1C2(C)C. The molecule has 1 aliphatic heterocycles. The molecule has 2 bridgehead atoms. The predicted octanol–water partition coefficient (Wildman–Crippen LogP) is 5.08. The van der Waals surface area contributed by atoms with Crippen LogP contribution in [0, 0.1) is 22.7 Å². The third kappa shape index (κ3) is 5.91. The average Bonchev–Trinajstić information content (AvgIpc) is 2.95. The van der Waals surface area contributed by atoms with Crippen LogP contribution >= 0.6 is 0 Å². The van der Waals surface area contributed by atoms with Crippen LogP contribution in [0.3, 0.4) is 0 Å². The molecule has 2 N–H and O–H groups in total. The van der Waals surface area contributed by atoms with Crippen molar-refractivity contribution in [1.82, 2.24) is 5.32 Å². The number of nitrogens with one attached hydrogen (secondary N) is 1. The first-order chi connectivity index (χ1) is 21.5. The van der Waals surface area contributed by atoms with Crippen LogP contribution in [-0.2, 0) is 33.3 Å². The fourth-order valence-corrected chi connectivity index (χ4v) is 8.54. The third-order valence-electron chi connectivity index (χ3n) is 11.3. The Morgan fingerprint density at radius 1 is 1.09 bits per heavy atom. The van der Waals surface area contributed by atoms with Crippen molar-refractivity contribution in [3.63, 3.8) is 0 Å². The minimum Gasteiger partial charge on any atom is -0.458 e. The lowest BCUT2D eigenvalue weighted by molar-refractivity contribution is -0.247. The summed E-state index contributed by atoms with van der Waals surface area (Å²) < 4.78 is 29.5. The summed E-state index contributed by atoms with van der Waals surface area (Å²) in [5, 5.41) is 15.5. The number of aliphatic hydroxyl groups is 1. The molecule has 10 heteroatoms. The molecule has 5 rings (SSSR count). The predicted molar refractivity (Wildman–Crippen MR) is 170 cm³/mol. The number of methoxy groups -OCH3 is 2. The van der Waals surface area contributed by atoms with Gasteiger partial charge in [0.25, 0.3) is 0 Å². The Bertz CT molecular complexity index is 1370. The van der Waals surface area contributed by atoms with Gasteiger partial charge in [0.05, 0.1) is 42.3 Å². The van der Waals surface area contributed by atoms with E-state index in [1.807, 2.05) is 58.0 Å². The van der Waals surface area contributed by atoms with Gasteiger partial charge >= 0.3 is 12.1 Å². The van der Waals surface area contributed by atoms with Crippen LogP contribution in [0.15, 0.2) is 41.5 Å². The zero-order valence-electron chi connectivity index (χ0n) is 28.7. The van der Waals surface area contributed by atoms with Crippen molar-refractivity contribution in [2.75, 3.05) is 20.8 Å². The topological polar surface area (TPSA) is 130 Å². The van der Waals surface area contributed by atoms with Gasteiger partial charge in [-0.05, 0) is 63.7 Å². The number of benzene rings is 1. The number of carbonyl (C=O) groups is 3. The molecule has 254 valence electrons. The number of ketones is 1. The number of hydrogen-bond donors (Lipinski definition) is 2. The number of ether oxygens (including phenoxy) is 5. The van der Waals surface area contributed by atoms with Gasteiger partial charge in [0.2, 0.25) is 0 Å². The van der Waals surface area contributed by atoms with Crippen molar-refractivity contribution in [3.8, 4) is 0 Å². The molecule has 4 aliphatic rings. The number of esters is 1. The molecule has 1 amide bonds. The van der Waals surface area contributed by atoms with Gasteiger partial charge in [-0.3, -0.25) is 9.59 Å². The molecule has 1 aromatic carbocycles. The molecule has 3 aliphatic carbocycles. The summed E-state index contributed by atoms with van der Waals surface area (Å²) in [7, 11) is 3.14. The lowest BCUT2D eigenvalue weighted by atomic mass is 9.47. The molecule has 1 saturated heterocycles. The van der Waals surface area contributed by atoms with Crippen LogP contribution < -0.4 is 5.32 Å². The van der Waals surface area contributed by atoms with E-state index < -0.39 is 58.4 Å². The zero-order chi connectivity index (χ0) is 33.8. The number of fused-ring (bicyclic) bond motifs is 5. The second-order valence-corrected chi connectivity index (χ2v) is 15.3. The Hall–Kier alpha value is -2.79. The molecule has 0 spiro atoms. The highest BCUT2D eigenvalue weighted by atomic mass is 16.6. The van der Waals surface area contributed by atoms with Gasteiger partial charge < -0.3 is 34.1 Å². The number of amides is 1. The summed E-state index contributed by atoms with van der Waals surface area (Å²) >= 11 is 0. The Balaban J connectivity index is 1.48. The van der Waals surface area contributed by atoms with Crippen LogP contribution in [0.25, 0.3) is 0 Å². The Morgan fingerprint density at radius 3 is 2.33 bits per heavy atom. The van der Waals surface area contributed by atoms with E-state index >= 15 is 0 Å². The Kier molecular flexibility index (Phi) is 9.27. The maximum Gasteiger partial charge on any atom is 0.408 e. The highest BCUT2D eigenvalue weighted by molar-refractivity contribution is 5.93. The van der Waals surface area contributed by atoms with Crippen molar-refractivity contribution >= 4 is 17.8 Å². The molecule has 0 aromatic heterocycles. The van der Waals surface area contributed by atoms with Gasteiger partial charge in [-0.1, -0.05) is 44.2 Å². The lowest BCUT2D eigenvalue weighted by Crippen LogP contribution is -2.69. The minimum absolute atomic E-state index is 0.0377. The minimum atomic E-state index is -1.33. The van der Waals surface area contributed by atoms with Gasteiger partial charge in [-0.2, -0.15) is 0 Å². The normalized spacial score (nSPS) is 35.8. The number of Topliss-reactive ketones (excluding diaryl/α,β-unsaturated/α-hetero) is 1. The van der Waals surface area contributed by atoms with Gasteiger partial charge in [-0.25, -0.2) is 4.79 Å². The maximum atomic E-state index is 14.7. The number of rotatable bonds is 7. The third-order valence-corrected chi connectivity index (χ3v) is 11.3. The molecule has 1 heterocycles. The quantitative estimate of drug-likeness (QED) is 0.310. The Labute approximate surface area is 272 Å².